The van der Waals surface area contributed by atoms with E-state index in [1.54, 1.807) is 7.05 Å². The lowest BCUT2D eigenvalue weighted by Crippen LogP contribution is -2.03. The SMILES string of the molecule is COC(=O)c1nn(C)c(OC)c1Br. The zero-order valence-corrected chi connectivity index (χ0v) is 9.08. The van der Waals surface area contributed by atoms with Gasteiger partial charge < -0.3 is 9.47 Å². The Labute approximate surface area is 83.8 Å². The molecule has 0 aliphatic heterocycles. The van der Waals surface area contributed by atoms with Crippen LogP contribution in [-0.2, 0) is 11.8 Å². The zero-order valence-electron chi connectivity index (χ0n) is 7.50. The molecule has 0 amide bonds. The molecule has 72 valence electrons. The molecule has 13 heavy (non-hydrogen) atoms. The number of methoxy groups -OCH3 is 2. The van der Waals surface area contributed by atoms with Crippen molar-refractivity contribution in [3.8, 4) is 5.88 Å². The number of nitrogens with zero attached hydrogens (tertiary/aromatic N) is 2. The Morgan fingerprint density at radius 2 is 2.15 bits per heavy atom. The number of carbonyl (C=O) groups excluding carboxylic acids is 1. The van der Waals surface area contributed by atoms with Crippen molar-refractivity contribution in [3.05, 3.63) is 10.2 Å². The number of hydrogen-bond acceptors (Lipinski definition) is 4. The minimum absolute atomic E-state index is 0.210. The van der Waals surface area contributed by atoms with Gasteiger partial charge in [-0.3, -0.25) is 0 Å². The van der Waals surface area contributed by atoms with Crippen LogP contribution in [0.5, 0.6) is 5.88 Å². The fraction of sp³-hybridized carbons (Fsp3) is 0.429. The standard InChI is InChI=1S/C7H9BrN2O3/c1-10-6(12-2)4(8)5(9-10)7(11)13-3/h1-3H3. The molecule has 0 fully saturated rings. The maximum absolute atomic E-state index is 11.1. The minimum Gasteiger partial charge on any atom is -0.480 e. The summed E-state index contributed by atoms with van der Waals surface area (Å²) in [5.41, 5.74) is 0.210. The molecule has 0 radical (unpaired) electrons. The van der Waals surface area contributed by atoms with Crippen LogP contribution in [0, 0.1) is 0 Å². The van der Waals surface area contributed by atoms with E-state index in [4.69, 9.17) is 4.74 Å². The van der Waals surface area contributed by atoms with Gasteiger partial charge in [0.15, 0.2) is 5.69 Å². The Balaban J connectivity index is 3.18. The highest BCUT2D eigenvalue weighted by atomic mass is 79.9. The summed E-state index contributed by atoms with van der Waals surface area (Å²) in [6, 6.07) is 0. The van der Waals surface area contributed by atoms with E-state index >= 15 is 0 Å². The highest BCUT2D eigenvalue weighted by Gasteiger charge is 2.20. The molecular weight excluding hydrogens is 240 g/mol. The lowest BCUT2D eigenvalue weighted by atomic mass is 10.4. The molecule has 0 spiro atoms. The number of aryl methyl sites for hydroxylation is 1. The van der Waals surface area contributed by atoms with Gasteiger partial charge in [0, 0.05) is 7.05 Å². The summed E-state index contributed by atoms with van der Waals surface area (Å²) in [6.07, 6.45) is 0. The van der Waals surface area contributed by atoms with Crippen molar-refractivity contribution in [3.63, 3.8) is 0 Å². The van der Waals surface area contributed by atoms with Crippen molar-refractivity contribution < 1.29 is 14.3 Å². The van der Waals surface area contributed by atoms with E-state index in [9.17, 15) is 4.79 Å². The molecule has 0 saturated heterocycles. The van der Waals surface area contributed by atoms with Crippen LogP contribution in [0.25, 0.3) is 0 Å². The molecule has 0 bridgehead atoms. The molecule has 0 saturated carbocycles. The van der Waals surface area contributed by atoms with Crippen molar-refractivity contribution in [2.45, 2.75) is 0 Å². The van der Waals surface area contributed by atoms with Gasteiger partial charge in [0.05, 0.1) is 14.2 Å². The molecule has 1 heterocycles. The first-order chi connectivity index (χ1) is 6.11. The molecule has 5 nitrogen and oxygen atoms in total. The van der Waals surface area contributed by atoms with Crippen LogP contribution in [0.1, 0.15) is 10.5 Å². The van der Waals surface area contributed by atoms with E-state index in [1.807, 2.05) is 0 Å². The quantitative estimate of drug-likeness (QED) is 0.733. The highest BCUT2D eigenvalue weighted by Crippen LogP contribution is 2.27. The lowest BCUT2D eigenvalue weighted by molar-refractivity contribution is 0.0592. The molecule has 6 heteroatoms. The van der Waals surface area contributed by atoms with E-state index in [0.717, 1.165) is 0 Å². The Morgan fingerprint density at radius 3 is 2.54 bits per heavy atom. The van der Waals surface area contributed by atoms with Gasteiger partial charge in [-0.2, -0.15) is 5.10 Å². The maximum atomic E-state index is 11.1. The van der Waals surface area contributed by atoms with Crippen LogP contribution in [0.4, 0.5) is 0 Å². The Morgan fingerprint density at radius 1 is 1.54 bits per heavy atom. The highest BCUT2D eigenvalue weighted by molar-refractivity contribution is 9.10. The van der Waals surface area contributed by atoms with Gasteiger partial charge in [-0.1, -0.05) is 0 Å². The average Bonchev–Trinajstić information content (AvgIpc) is 2.40. The van der Waals surface area contributed by atoms with Crippen LogP contribution in [-0.4, -0.2) is 30.0 Å². The van der Waals surface area contributed by atoms with Gasteiger partial charge in [0.25, 0.3) is 0 Å². The van der Waals surface area contributed by atoms with E-state index in [1.165, 1.54) is 18.9 Å². The zero-order chi connectivity index (χ0) is 10.0. The summed E-state index contributed by atoms with van der Waals surface area (Å²) >= 11 is 3.19. The second-order valence-corrected chi connectivity index (χ2v) is 3.08. The van der Waals surface area contributed by atoms with Crippen LogP contribution in [0.2, 0.25) is 0 Å². The third-order valence-corrected chi connectivity index (χ3v) is 2.23. The second-order valence-electron chi connectivity index (χ2n) is 2.29. The molecule has 1 aromatic rings. The molecule has 0 aliphatic carbocycles. The Kier molecular flexibility index (Phi) is 2.92. The molecule has 0 aromatic carbocycles. The summed E-state index contributed by atoms with van der Waals surface area (Å²) < 4.78 is 11.5. The molecule has 0 atom stereocenters. The summed E-state index contributed by atoms with van der Waals surface area (Å²) in [5, 5.41) is 3.92. The minimum atomic E-state index is -0.495. The fourth-order valence-electron chi connectivity index (χ4n) is 0.931. The molecule has 0 aliphatic rings. The van der Waals surface area contributed by atoms with Crippen LogP contribution < -0.4 is 4.74 Å². The number of halogens is 1. The number of aromatic nitrogens is 2. The lowest BCUT2D eigenvalue weighted by Gasteiger charge is -1.97. The Hall–Kier alpha value is -1.04. The predicted molar refractivity (Wildman–Crippen MR) is 48.8 cm³/mol. The fourth-order valence-corrected chi connectivity index (χ4v) is 1.59. The average molecular weight is 249 g/mol. The molecule has 0 unspecified atom stereocenters. The largest absolute Gasteiger partial charge is 0.480 e. The van der Waals surface area contributed by atoms with Gasteiger partial charge in [-0.25, -0.2) is 9.48 Å². The van der Waals surface area contributed by atoms with Gasteiger partial charge in [0.1, 0.15) is 4.47 Å². The van der Waals surface area contributed by atoms with Gasteiger partial charge in [-0.15, -0.1) is 0 Å². The Bertz CT molecular complexity index is 335. The van der Waals surface area contributed by atoms with Gasteiger partial charge >= 0.3 is 5.97 Å². The summed E-state index contributed by atoms with van der Waals surface area (Å²) in [4.78, 5) is 11.1. The molecular formula is C7H9BrN2O3. The van der Waals surface area contributed by atoms with Crippen LogP contribution in [0.15, 0.2) is 4.47 Å². The number of carbonyl (C=O) groups is 1. The van der Waals surface area contributed by atoms with Crippen molar-refractivity contribution in [2.75, 3.05) is 14.2 Å². The number of rotatable bonds is 2. The van der Waals surface area contributed by atoms with Crippen molar-refractivity contribution in [1.82, 2.24) is 9.78 Å². The first-order valence-electron chi connectivity index (χ1n) is 3.46. The second kappa shape index (κ2) is 3.78. The maximum Gasteiger partial charge on any atom is 0.359 e. The first kappa shape index (κ1) is 10.0. The first-order valence-corrected chi connectivity index (χ1v) is 4.26. The third-order valence-electron chi connectivity index (χ3n) is 1.51. The normalized spacial score (nSPS) is 9.85. The number of ether oxygens (including phenoxy) is 2. The van der Waals surface area contributed by atoms with E-state index < -0.39 is 5.97 Å². The molecule has 1 aromatic heterocycles. The van der Waals surface area contributed by atoms with Gasteiger partial charge in [0.2, 0.25) is 5.88 Å². The van der Waals surface area contributed by atoms with Crippen molar-refractivity contribution in [1.29, 1.82) is 0 Å². The van der Waals surface area contributed by atoms with Crippen LogP contribution in [0.3, 0.4) is 0 Å². The third kappa shape index (κ3) is 1.67. The smallest absolute Gasteiger partial charge is 0.359 e. The van der Waals surface area contributed by atoms with Crippen LogP contribution >= 0.6 is 15.9 Å². The van der Waals surface area contributed by atoms with E-state index in [-0.39, 0.29) is 5.69 Å². The summed E-state index contributed by atoms with van der Waals surface area (Å²) in [5.74, 6) is -0.00817. The van der Waals surface area contributed by atoms with Crippen molar-refractivity contribution in [2.24, 2.45) is 7.05 Å². The predicted octanol–water partition coefficient (Wildman–Crippen LogP) is 0.978. The van der Waals surface area contributed by atoms with E-state index in [0.29, 0.717) is 10.4 Å². The summed E-state index contributed by atoms with van der Waals surface area (Å²) in [6.45, 7) is 0. The topological polar surface area (TPSA) is 53.3 Å². The van der Waals surface area contributed by atoms with Gasteiger partial charge in [-0.05, 0) is 15.9 Å². The molecule has 0 N–H and O–H groups in total. The number of esters is 1. The molecule has 1 rings (SSSR count). The van der Waals surface area contributed by atoms with Crippen molar-refractivity contribution >= 4 is 21.9 Å². The van der Waals surface area contributed by atoms with E-state index in [2.05, 4.69) is 25.8 Å². The summed E-state index contributed by atoms with van der Waals surface area (Å²) in [7, 11) is 4.48. The number of hydrogen-bond donors (Lipinski definition) is 0. The monoisotopic (exact) mass is 248 g/mol.